The highest BCUT2D eigenvalue weighted by Gasteiger charge is 2.21. The van der Waals surface area contributed by atoms with Crippen LogP contribution in [-0.4, -0.2) is 34.2 Å². The molecule has 2 aromatic carbocycles. The summed E-state index contributed by atoms with van der Waals surface area (Å²) in [5.41, 5.74) is 7.92. The van der Waals surface area contributed by atoms with Gasteiger partial charge in [-0.1, -0.05) is 42.5 Å². The minimum atomic E-state index is -0.533. The first kappa shape index (κ1) is 17.5. The largest absolute Gasteiger partial charge is 0.340 e. The number of amides is 1. The van der Waals surface area contributed by atoms with Gasteiger partial charge in [0.15, 0.2) is 0 Å². The number of likely N-dealkylation sites (N-methyl/N-ethyl adjacent to an activating group) is 1. The smallest absolute Gasteiger partial charge is 0.267 e. The molecule has 0 saturated heterocycles. The van der Waals surface area contributed by atoms with Crippen molar-refractivity contribution >= 4 is 22.9 Å². The number of nitrogens with one attached hydrogen (secondary N) is 1. The van der Waals surface area contributed by atoms with Gasteiger partial charge in [0.1, 0.15) is 0 Å². The first-order valence-corrected chi connectivity index (χ1v) is 9.14. The van der Waals surface area contributed by atoms with Crippen LogP contribution in [0.4, 0.5) is 0 Å². The fourth-order valence-corrected chi connectivity index (χ4v) is 3.84. The molecule has 0 atom stereocenters. The molecule has 0 unspecified atom stereocenters. The molecule has 1 aromatic heterocycles. The molecule has 0 aliphatic carbocycles. The number of nitrogens with zero attached hydrogens (tertiary/aromatic N) is 2. The van der Waals surface area contributed by atoms with E-state index >= 15 is 0 Å². The summed E-state index contributed by atoms with van der Waals surface area (Å²) in [5.74, 6) is -0.533. The van der Waals surface area contributed by atoms with Crippen molar-refractivity contribution in [3.05, 3.63) is 77.0 Å². The van der Waals surface area contributed by atoms with Crippen molar-refractivity contribution in [1.82, 2.24) is 14.9 Å². The van der Waals surface area contributed by atoms with Crippen LogP contribution in [-0.2, 0) is 24.3 Å². The third-order valence-corrected chi connectivity index (χ3v) is 5.21. The van der Waals surface area contributed by atoms with Gasteiger partial charge in [0, 0.05) is 48.7 Å². The number of fused-ring (bicyclic) bond motifs is 3. The van der Waals surface area contributed by atoms with Gasteiger partial charge in [0.05, 0.1) is 0 Å². The highest BCUT2D eigenvalue weighted by Crippen LogP contribution is 2.31. The van der Waals surface area contributed by atoms with Gasteiger partial charge in [-0.15, -0.1) is 0 Å². The van der Waals surface area contributed by atoms with Crippen LogP contribution in [0.5, 0.6) is 0 Å². The molecule has 0 radical (unpaired) electrons. The fourth-order valence-electron chi connectivity index (χ4n) is 3.84. The summed E-state index contributed by atoms with van der Waals surface area (Å²) in [6.07, 6.45) is 4.05. The van der Waals surface area contributed by atoms with Crippen molar-refractivity contribution in [3.63, 3.8) is 0 Å². The van der Waals surface area contributed by atoms with E-state index in [-0.39, 0.29) is 0 Å². The second-order valence-corrected chi connectivity index (χ2v) is 7.07. The number of carbonyl (C=O) groups excluding carboxylic acids is 1. The van der Waals surface area contributed by atoms with Gasteiger partial charge in [-0.2, -0.15) is 0 Å². The Labute approximate surface area is 158 Å². The number of hydrogen-bond donors (Lipinski definition) is 2. The quantitative estimate of drug-likeness (QED) is 0.426. The summed E-state index contributed by atoms with van der Waals surface area (Å²) in [7, 11) is 2.18. The standard InChI is InChI=1S/C22H23N3O2/c1-24-13-12-21-19(15-24)18-4-2-3-5-20(18)25(21)14-17-8-6-16(7-9-17)10-11-22(26)23-27/h2-11,27H,12-15H2,1H3,(H,23,26). The predicted octanol–water partition coefficient (Wildman–Crippen LogP) is 3.20. The van der Waals surface area contributed by atoms with Crippen LogP contribution in [0.15, 0.2) is 54.6 Å². The highest BCUT2D eigenvalue weighted by atomic mass is 16.5. The van der Waals surface area contributed by atoms with E-state index in [1.165, 1.54) is 33.8 Å². The third-order valence-electron chi connectivity index (χ3n) is 5.21. The van der Waals surface area contributed by atoms with E-state index in [1.54, 1.807) is 11.6 Å². The topological polar surface area (TPSA) is 57.5 Å². The number of rotatable bonds is 4. The van der Waals surface area contributed by atoms with E-state index in [0.29, 0.717) is 0 Å². The van der Waals surface area contributed by atoms with Crippen molar-refractivity contribution in [1.29, 1.82) is 0 Å². The van der Waals surface area contributed by atoms with Crippen molar-refractivity contribution in [3.8, 4) is 0 Å². The molecule has 5 nitrogen and oxygen atoms in total. The lowest BCUT2D eigenvalue weighted by Gasteiger charge is -2.24. The second kappa shape index (κ2) is 7.39. The van der Waals surface area contributed by atoms with Gasteiger partial charge < -0.3 is 9.47 Å². The van der Waals surface area contributed by atoms with E-state index in [0.717, 1.165) is 31.6 Å². The Hall–Kier alpha value is -2.89. The van der Waals surface area contributed by atoms with Gasteiger partial charge in [-0.25, -0.2) is 5.48 Å². The van der Waals surface area contributed by atoms with Crippen LogP contribution in [0, 0.1) is 0 Å². The van der Waals surface area contributed by atoms with Gasteiger partial charge >= 0.3 is 0 Å². The molecule has 1 amide bonds. The van der Waals surface area contributed by atoms with E-state index in [4.69, 9.17) is 5.21 Å². The molecule has 1 aliphatic rings. The van der Waals surface area contributed by atoms with Gasteiger partial charge in [-0.05, 0) is 35.9 Å². The van der Waals surface area contributed by atoms with Crippen molar-refractivity contribution in [2.75, 3.05) is 13.6 Å². The van der Waals surface area contributed by atoms with Crippen LogP contribution >= 0.6 is 0 Å². The lowest BCUT2D eigenvalue weighted by Crippen LogP contribution is -2.27. The third kappa shape index (κ3) is 3.52. The lowest BCUT2D eigenvalue weighted by atomic mass is 10.1. The van der Waals surface area contributed by atoms with Crippen LogP contribution in [0.3, 0.4) is 0 Å². The number of para-hydroxylation sites is 1. The minimum Gasteiger partial charge on any atom is -0.340 e. The summed E-state index contributed by atoms with van der Waals surface area (Å²) in [4.78, 5) is 13.5. The molecule has 27 heavy (non-hydrogen) atoms. The molecular formula is C22H23N3O2. The Bertz CT molecular complexity index is 1000. The van der Waals surface area contributed by atoms with Crippen LogP contribution < -0.4 is 5.48 Å². The Balaban J connectivity index is 1.64. The Morgan fingerprint density at radius 3 is 2.74 bits per heavy atom. The Kier molecular flexibility index (Phi) is 4.79. The zero-order valence-electron chi connectivity index (χ0n) is 15.4. The first-order valence-electron chi connectivity index (χ1n) is 9.14. The summed E-state index contributed by atoms with van der Waals surface area (Å²) in [6.45, 7) is 2.92. The minimum absolute atomic E-state index is 0.533. The number of carbonyl (C=O) groups is 1. The Morgan fingerprint density at radius 1 is 1.19 bits per heavy atom. The average molecular weight is 361 g/mol. The summed E-state index contributed by atoms with van der Waals surface area (Å²) < 4.78 is 2.45. The molecule has 3 aromatic rings. The van der Waals surface area contributed by atoms with Crippen molar-refractivity contribution in [2.45, 2.75) is 19.5 Å². The summed E-state index contributed by atoms with van der Waals surface area (Å²) in [6, 6.07) is 16.8. The summed E-state index contributed by atoms with van der Waals surface area (Å²) in [5, 5.41) is 9.90. The maximum absolute atomic E-state index is 11.1. The molecule has 0 bridgehead atoms. The summed E-state index contributed by atoms with van der Waals surface area (Å²) >= 11 is 0. The van der Waals surface area contributed by atoms with E-state index in [9.17, 15) is 4.79 Å². The molecule has 5 heteroatoms. The second-order valence-electron chi connectivity index (χ2n) is 7.07. The molecule has 1 aliphatic heterocycles. The van der Waals surface area contributed by atoms with Crippen LogP contribution in [0.25, 0.3) is 17.0 Å². The monoisotopic (exact) mass is 361 g/mol. The Morgan fingerprint density at radius 2 is 1.96 bits per heavy atom. The highest BCUT2D eigenvalue weighted by molar-refractivity contribution is 5.90. The van der Waals surface area contributed by atoms with E-state index in [1.807, 2.05) is 12.1 Å². The SMILES string of the molecule is CN1CCc2c(c3ccccc3n2Cc2ccc(C=CC(=O)NO)cc2)C1. The van der Waals surface area contributed by atoms with Crippen LogP contribution in [0.1, 0.15) is 22.4 Å². The molecule has 0 saturated carbocycles. The van der Waals surface area contributed by atoms with Gasteiger partial charge in [-0.3, -0.25) is 10.0 Å². The molecule has 138 valence electrons. The number of aromatic nitrogens is 1. The lowest BCUT2D eigenvalue weighted by molar-refractivity contribution is -0.124. The normalized spacial score (nSPS) is 14.6. The van der Waals surface area contributed by atoms with Crippen LogP contribution in [0.2, 0.25) is 0 Å². The molecule has 4 rings (SSSR count). The van der Waals surface area contributed by atoms with Gasteiger partial charge in [0.2, 0.25) is 0 Å². The molecule has 0 fully saturated rings. The fraction of sp³-hybridized carbons (Fsp3) is 0.227. The zero-order valence-corrected chi connectivity index (χ0v) is 15.4. The average Bonchev–Trinajstić information content (AvgIpc) is 3.00. The molecule has 2 heterocycles. The predicted molar refractivity (Wildman–Crippen MR) is 106 cm³/mol. The zero-order chi connectivity index (χ0) is 18.8. The van der Waals surface area contributed by atoms with E-state index in [2.05, 4.69) is 52.9 Å². The van der Waals surface area contributed by atoms with E-state index < -0.39 is 5.91 Å². The molecule has 0 spiro atoms. The maximum Gasteiger partial charge on any atom is 0.267 e. The van der Waals surface area contributed by atoms with Crippen molar-refractivity contribution < 1.29 is 10.0 Å². The maximum atomic E-state index is 11.1. The number of hydroxylamine groups is 1. The number of hydrogen-bond acceptors (Lipinski definition) is 3. The van der Waals surface area contributed by atoms with Crippen molar-refractivity contribution in [2.24, 2.45) is 0 Å². The number of benzene rings is 2. The molecule has 2 N–H and O–H groups in total. The van der Waals surface area contributed by atoms with Gasteiger partial charge in [0.25, 0.3) is 5.91 Å². The molecular weight excluding hydrogens is 338 g/mol. The first-order chi connectivity index (χ1) is 13.2.